The van der Waals surface area contributed by atoms with Crippen molar-refractivity contribution in [1.29, 1.82) is 0 Å². The smallest absolute Gasteiger partial charge is 0.213 e. The number of benzene rings is 1. The Hall–Kier alpha value is -0.990. The molecule has 4 N–H and O–H groups in total. The van der Waals surface area contributed by atoms with E-state index in [0.29, 0.717) is 25.0 Å². The lowest BCUT2D eigenvalue weighted by Gasteiger charge is -2.31. The predicted octanol–water partition coefficient (Wildman–Crippen LogP) is 0.834. The lowest BCUT2D eigenvalue weighted by Crippen LogP contribution is -2.45. The maximum Gasteiger partial charge on any atom is 0.213 e. The van der Waals surface area contributed by atoms with Gasteiger partial charge >= 0.3 is 0 Å². The van der Waals surface area contributed by atoms with E-state index < -0.39 is 10.0 Å². The van der Waals surface area contributed by atoms with Gasteiger partial charge in [-0.2, -0.15) is 0 Å². The summed E-state index contributed by atoms with van der Waals surface area (Å²) < 4.78 is 26.7. The molecule has 2 rings (SSSR count). The van der Waals surface area contributed by atoms with Gasteiger partial charge in [0.2, 0.25) is 10.0 Å². The average molecular weight is 355 g/mol. The average Bonchev–Trinajstić information content (AvgIpc) is 3.00. The van der Waals surface area contributed by atoms with Gasteiger partial charge in [-0.15, -0.1) is 0 Å². The second-order valence-electron chi connectivity index (χ2n) is 7.46. The van der Waals surface area contributed by atoms with Crippen molar-refractivity contribution in [2.75, 3.05) is 25.4 Å². The minimum Gasteiger partial charge on any atom is -0.315 e. The number of hydrazine groups is 1. The first kappa shape index (κ1) is 19.3. The van der Waals surface area contributed by atoms with Gasteiger partial charge in [0.15, 0.2) is 0 Å². The molecule has 0 amide bonds. The van der Waals surface area contributed by atoms with E-state index in [9.17, 15) is 8.42 Å². The molecule has 0 bridgehead atoms. The van der Waals surface area contributed by atoms with Crippen molar-refractivity contribution in [3.8, 4) is 0 Å². The molecule has 1 saturated heterocycles. The summed E-state index contributed by atoms with van der Waals surface area (Å²) in [5, 5.41) is 3.28. The van der Waals surface area contributed by atoms with Crippen molar-refractivity contribution in [3.05, 3.63) is 35.9 Å². The molecule has 1 fully saturated rings. The molecule has 0 radical (unpaired) electrons. The Balaban J connectivity index is 1.69. The first-order valence-corrected chi connectivity index (χ1v) is 10.1. The Morgan fingerprint density at radius 2 is 1.92 bits per heavy atom. The SMILES string of the molecule is CC(C)(C)C1NNCC1CNCCS(=O)(=O)NCc1ccccc1. The molecule has 24 heavy (non-hydrogen) atoms. The molecule has 2 unspecified atom stereocenters. The van der Waals surface area contributed by atoms with E-state index in [4.69, 9.17) is 0 Å². The maximum absolute atomic E-state index is 12.0. The minimum atomic E-state index is -3.26. The van der Waals surface area contributed by atoms with Gasteiger partial charge in [-0.3, -0.25) is 10.9 Å². The van der Waals surface area contributed by atoms with Gasteiger partial charge in [-0.05, 0) is 11.0 Å². The van der Waals surface area contributed by atoms with Crippen LogP contribution in [0.25, 0.3) is 0 Å². The number of nitrogens with one attached hydrogen (secondary N) is 4. The fraction of sp³-hybridized carbons (Fsp3) is 0.647. The van der Waals surface area contributed by atoms with E-state index >= 15 is 0 Å². The van der Waals surface area contributed by atoms with E-state index in [2.05, 4.69) is 41.7 Å². The number of rotatable bonds is 8. The van der Waals surface area contributed by atoms with Crippen molar-refractivity contribution < 1.29 is 8.42 Å². The third-order valence-electron chi connectivity index (χ3n) is 4.32. The van der Waals surface area contributed by atoms with Crippen molar-refractivity contribution in [1.82, 2.24) is 20.9 Å². The summed E-state index contributed by atoms with van der Waals surface area (Å²) in [6, 6.07) is 9.92. The van der Waals surface area contributed by atoms with Crippen LogP contribution in [0.15, 0.2) is 30.3 Å². The summed E-state index contributed by atoms with van der Waals surface area (Å²) in [5.41, 5.74) is 7.65. The lowest BCUT2D eigenvalue weighted by atomic mass is 9.80. The van der Waals surface area contributed by atoms with Gasteiger partial charge in [0.1, 0.15) is 0 Å². The zero-order valence-electron chi connectivity index (χ0n) is 14.8. The summed E-state index contributed by atoms with van der Waals surface area (Å²) in [6.07, 6.45) is 0. The standard InChI is InChI=1S/C17H30N4O2S/c1-17(2,3)16-15(13-19-21-16)12-18-9-10-24(22,23)20-11-14-7-5-4-6-8-14/h4-8,15-16,18-21H,9-13H2,1-3H3. The highest BCUT2D eigenvalue weighted by Crippen LogP contribution is 2.26. The van der Waals surface area contributed by atoms with E-state index in [1.807, 2.05) is 30.3 Å². The van der Waals surface area contributed by atoms with Gasteiger partial charge in [-0.1, -0.05) is 51.1 Å². The molecule has 1 aliphatic rings. The first-order chi connectivity index (χ1) is 11.3. The van der Waals surface area contributed by atoms with Crippen LogP contribution in [0.2, 0.25) is 0 Å². The molecular formula is C17H30N4O2S. The van der Waals surface area contributed by atoms with Crippen LogP contribution in [-0.4, -0.2) is 39.8 Å². The quantitative estimate of drug-likeness (QED) is 0.520. The van der Waals surface area contributed by atoms with E-state index in [-0.39, 0.29) is 11.2 Å². The second-order valence-corrected chi connectivity index (χ2v) is 9.39. The van der Waals surface area contributed by atoms with Gasteiger partial charge in [0.25, 0.3) is 0 Å². The third-order valence-corrected chi connectivity index (χ3v) is 5.65. The minimum absolute atomic E-state index is 0.0909. The van der Waals surface area contributed by atoms with Crippen LogP contribution in [0, 0.1) is 11.3 Å². The monoisotopic (exact) mass is 354 g/mol. The molecule has 1 aromatic rings. The molecule has 0 saturated carbocycles. The first-order valence-electron chi connectivity index (χ1n) is 8.48. The topological polar surface area (TPSA) is 82.3 Å². The van der Waals surface area contributed by atoms with Crippen molar-refractivity contribution >= 4 is 10.0 Å². The fourth-order valence-corrected chi connectivity index (χ4v) is 3.95. The van der Waals surface area contributed by atoms with Gasteiger partial charge in [-0.25, -0.2) is 13.1 Å². The Labute approximate surface area is 145 Å². The molecule has 0 aliphatic carbocycles. The van der Waals surface area contributed by atoms with E-state index in [1.54, 1.807) is 0 Å². The van der Waals surface area contributed by atoms with Crippen molar-refractivity contribution in [3.63, 3.8) is 0 Å². The van der Waals surface area contributed by atoms with Crippen LogP contribution in [0.4, 0.5) is 0 Å². The molecule has 2 atom stereocenters. The van der Waals surface area contributed by atoms with E-state index in [0.717, 1.165) is 18.7 Å². The molecule has 136 valence electrons. The number of hydrogen-bond acceptors (Lipinski definition) is 5. The van der Waals surface area contributed by atoms with Crippen LogP contribution in [0.5, 0.6) is 0 Å². The molecule has 1 heterocycles. The molecule has 0 spiro atoms. The molecule has 7 heteroatoms. The lowest BCUT2D eigenvalue weighted by molar-refractivity contribution is 0.236. The van der Waals surface area contributed by atoms with Crippen LogP contribution < -0.4 is 20.9 Å². The third kappa shape index (κ3) is 6.14. The zero-order chi connectivity index (χ0) is 17.6. The number of sulfonamides is 1. The maximum atomic E-state index is 12.0. The predicted molar refractivity (Wildman–Crippen MR) is 97.8 cm³/mol. The summed E-state index contributed by atoms with van der Waals surface area (Å²) in [7, 11) is -3.26. The second kappa shape index (κ2) is 8.40. The Kier molecular flexibility index (Phi) is 6.77. The summed E-state index contributed by atoms with van der Waals surface area (Å²) in [4.78, 5) is 0. The van der Waals surface area contributed by atoms with Crippen LogP contribution in [0.1, 0.15) is 26.3 Å². The highest BCUT2D eigenvalue weighted by atomic mass is 32.2. The highest BCUT2D eigenvalue weighted by Gasteiger charge is 2.35. The largest absolute Gasteiger partial charge is 0.315 e. The molecule has 6 nitrogen and oxygen atoms in total. The molecule has 1 aromatic carbocycles. The Bertz CT molecular complexity index is 599. The summed E-state index contributed by atoms with van der Waals surface area (Å²) in [6.45, 7) is 9.13. The molecular weight excluding hydrogens is 324 g/mol. The van der Waals surface area contributed by atoms with Crippen LogP contribution >= 0.6 is 0 Å². The summed E-state index contributed by atoms with van der Waals surface area (Å²) in [5.74, 6) is 0.540. The summed E-state index contributed by atoms with van der Waals surface area (Å²) >= 11 is 0. The van der Waals surface area contributed by atoms with Gasteiger partial charge in [0, 0.05) is 38.1 Å². The van der Waals surface area contributed by atoms with Crippen LogP contribution in [0.3, 0.4) is 0 Å². The highest BCUT2D eigenvalue weighted by molar-refractivity contribution is 7.89. The number of hydrogen-bond donors (Lipinski definition) is 4. The Morgan fingerprint density at radius 1 is 1.21 bits per heavy atom. The molecule has 0 aromatic heterocycles. The van der Waals surface area contributed by atoms with Crippen LogP contribution in [-0.2, 0) is 16.6 Å². The molecule has 1 aliphatic heterocycles. The van der Waals surface area contributed by atoms with Crippen molar-refractivity contribution in [2.45, 2.75) is 33.4 Å². The van der Waals surface area contributed by atoms with E-state index in [1.165, 1.54) is 0 Å². The van der Waals surface area contributed by atoms with Gasteiger partial charge < -0.3 is 5.32 Å². The normalized spacial score (nSPS) is 22.0. The fourth-order valence-electron chi connectivity index (χ4n) is 3.00. The Morgan fingerprint density at radius 3 is 2.58 bits per heavy atom. The zero-order valence-corrected chi connectivity index (χ0v) is 15.6. The van der Waals surface area contributed by atoms with Crippen molar-refractivity contribution in [2.24, 2.45) is 11.3 Å². The van der Waals surface area contributed by atoms with Gasteiger partial charge in [0.05, 0.1) is 5.75 Å².